The summed E-state index contributed by atoms with van der Waals surface area (Å²) in [5.41, 5.74) is 14.1. The molecule has 8 unspecified atom stereocenters. The highest BCUT2D eigenvalue weighted by molar-refractivity contribution is 5.11. The van der Waals surface area contributed by atoms with E-state index in [-0.39, 0.29) is 24.2 Å². The lowest BCUT2D eigenvalue weighted by molar-refractivity contribution is -0.0325. The van der Waals surface area contributed by atoms with E-state index in [1.807, 2.05) is 31.6 Å². The molecule has 0 radical (unpaired) electrons. The van der Waals surface area contributed by atoms with Crippen LogP contribution >= 0.6 is 0 Å². The highest BCUT2D eigenvalue weighted by Crippen LogP contribution is 2.39. The van der Waals surface area contributed by atoms with Crippen LogP contribution < -0.4 is 22.1 Å². The highest BCUT2D eigenvalue weighted by Gasteiger charge is 2.49. The van der Waals surface area contributed by atoms with Gasteiger partial charge in [0.1, 0.15) is 0 Å². The van der Waals surface area contributed by atoms with Gasteiger partial charge >= 0.3 is 0 Å². The van der Waals surface area contributed by atoms with Gasteiger partial charge in [0.25, 0.3) is 0 Å². The summed E-state index contributed by atoms with van der Waals surface area (Å²) in [6.07, 6.45) is 6.02. The van der Waals surface area contributed by atoms with Crippen molar-refractivity contribution in [2.24, 2.45) is 29.2 Å². The monoisotopic (exact) mass is 347 g/mol. The molecule has 6 N–H and O–H groups in total. The van der Waals surface area contributed by atoms with Crippen molar-refractivity contribution in [3.05, 3.63) is 30.1 Å². The lowest BCUT2D eigenvalue weighted by atomic mass is 9.65. The SMILES string of the molecule is COC1CC(C)C2NC(N)C(C(C)N)C(NCc3ccncc3)C2C1. The van der Waals surface area contributed by atoms with Gasteiger partial charge in [0.05, 0.1) is 12.3 Å². The van der Waals surface area contributed by atoms with E-state index in [0.29, 0.717) is 24.0 Å². The van der Waals surface area contributed by atoms with Gasteiger partial charge in [-0.3, -0.25) is 10.3 Å². The summed E-state index contributed by atoms with van der Waals surface area (Å²) in [7, 11) is 1.82. The quantitative estimate of drug-likeness (QED) is 0.630. The number of nitrogens with zero attached hydrogens (tertiary/aromatic N) is 1. The van der Waals surface area contributed by atoms with Crippen molar-refractivity contribution in [3.8, 4) is 0 Å². The minimum atomic E-state index is -0.0854. The molecule has 1 aromatic rings. The molecule has 25 heavy (non-hydrogen) atoms. The van der Waals surface area contributed by atoms with Crippen LogP contribution in [-0.2, 0) is 11.3 Å². The average Bonchev–Trinajstić information content (AvgIpc) is 2.60. The summed E-state index contributed by atoms with van der Waals surface area (Å²) in [5, 5.41) is 7.45. The molecule has 0 aromatic carbocycles. The second-order valence-electron chi connectivity index (χ2n) is 7.89. The number of nitrogens with one attached hydrogen (secondary N) is 2. The Bertz CT molecular complexity index is 540. The molecule has 1 saturated heterocycles. The van der Waals surface area contributed by atoms with Gasteiger partial charge in [-0.2, -0.15) is 0 Å². The van der Waals surface area contributed by atoms with Crippen molar-refractivity contribution in [1.82, 2.24) is 15.6 Å². The van der Waals surface area contributed by atoms with Crippen molar-refractivity contribution in [2.75, 3.05) is 7.11 Å². The Labute approximate surface area is 151 Å². The third-order valence-electron chi connectivity index (χ3n) is 6.15. The van der Waals surface area contributed by atoms with Gasteiger partial charge in [0.15, 0.2) is 0 Å². The number of pyridine rings is 1. The van der Waals surface area contributed by atoms with Crippen LogP contribution in [-0.4, -0.2) is 42.5 Å². The number of fused-ring (bicyclic) bond motifs is 1. The van der Waals surface area contributed by atoms with Crippen LogP contribution in [0.15, 0.2) is 24.5 Å². The zero-order valence-electron chi connectivity index (χ0n) is 15.6. The predicted molar refractivity (Wildman–Crippen MR) is 99.6 cm³/mol. The molecule has 6 nitrogen and oxygen atoms in total. The van der Waals surface area contributed by atoms with E-state index in [2.05, 4.69) is 29.5 Å². The van der Waals surface area contributed by atoms with Gasteiger partial charge in [-0.15, -0.1) is 0 Å². The molecule has 0 amide bonds. The fourth-order valence-corrected chi connectivity index (χ4v) is 4.90. The number of rotatable bonds is 5. The second-order valence-corrected chi connectivity index (χ2v) is 7.89. The average molecular weight is 348 g/mol. The lowest BCUT2D eigenvalue weighted by Gasteiger charge is -2.54. The fraction of sp³-hybridized carbons (Fsp3) is 0.737. The largest absolute Gasteiger partial charge is 0.381 e. The van der Waals surface area contributed by atoms with Crippen LogP contribution in [0.2, 0.25) is 0 Å². The molecular formula is C19H33N5O. The first-order valence-corrected chi connectivity index (χ1v) is 9.43. The minimum Gasteiger partial charge on any atom is -0.381 e. The van der Waals surface area contributed by atoms with Gasteiger partial charge in [-0.25, -0.2) is 0 Å². The number of methoxy groups -OCH3 is 1. The van der Waals surface area contributed by atoms with Gasteiger partial charge in [0.2, 0.25) is 0 Å². The molecule has 8 atom stereocenters. The highest BCUT2D eigenvalue weighted by atomic mass is 16.5. The van der Waals surface area contributed by atoms with Crippen molar-refractivity contribution >= 4 is 0 Å². The third-order valence-corrected chi connectivity index (χ3v) is 6.15. The predicted octanol–water partition coefficient (Wildman–Crippen LogP) is 0.821. The lowest BCUT2D eigenvalue weighted by Crippen LogP contribution is -2.71. The van der Waals surface area contributed by atoms with E-state index in [0.717, 1.165) is 19.4 Å². The molecule has 1 saturated carbocycles. The summed E-state index contributed by atoms with van der Waals surface area (Å²) in [4.78, 5) is 4.10. The maximum absolute atomic E-state index is 6.50. The Kier molecular flexibility index (Phi) is 6.07. The van der Waals surface area contributed by atoms with Crippen molar-refractivity contribution in [1.29, 1.82) is 0 Å². The molecule has 2 aliphatic rings. The van der Waals surface area contributed by atoms with Gasteiger partial charge < -0.3 is 21.5 Å². The van der Waals surface area contributed by atoms with Crippen LogP contribution in [0.1, 0.15) is 32.3 Å². The van der Waals surface area contributed by atoms with E-state index in [9.17, 15) is 0 Å². The van der Waals surface area contributed by atoms with Crippen molar-refractivity contribution in [2.45, 2.75) is 63.6 Å². The fourth-order valence-electron chi connectivity index (χ4n) is 4.90. The Morgan fingerprint density at radius 1 is 1.36 bits per heavy atom. The van der Waals surface area contributed by atoms with Crippen LogP contribution in [0.3, 0.4) is 0 Å². The van der Waals surface area contributed by atoms with E-state index in [1.165, 1.54) is 5.56 Å². The molecule has 1 aromatic heterocycles. The van der Waals surface area contributed by atoms with E-state index < -0.39 is 0 Å². The molecule has 1 aliphatic carbocycles. The van der Waals surface area contributed by atoms with Crippen molar-refractivity contribution < 1.29 is 4.74 Å². The molecule has 3 rings (SSSR count). The third kappa shape index (κ3) is 4.04. The number of piperidine rings is 1. The molecule has 6 heteroatoms. The topological polar surface area (TPSA) is 98.2 Å². The maximum atomic E-state index is 6.50. The number of hydrogen-bond donors (Lipinski definition) is 4. The minimum absolute atomic E-state index is 0.0246. The molecule has 2 heterocycles. The molecule has 0 spiro atoms. The zero-order valence-corrected chi connectivity index (χ0v) is 15.6. The first-order chi connectivity index (χ1) is 12.0. The van der Waals surface area contributed by atoms with E-state index in [4.69, 9.17) is 16.2 Å². The molecule has 1 aliphatic heterocycles. The normalized spacial score (nSPS) is 39.6. The Morgan fingerprint density at radius 3 is 2.72 bits per heavy atom. The first kappa shape index (κ1) is 18.7. The Balaban J connectivity index is 1.81. The number of aromatic nitrogens is 1. The Morgan fingerprint density at radius 2 is 2.08 bits per heavy atom. The summed E-state index contributed by atoms with van der Waals surface area (Å²) in [5.74, 6) is 1.19. The summed E-state index contributed by atoms with van der Waals surface area (Å²) in [6, 6.07) is 4.81. The van der Waals surface area contributed by atoms with E-state index >= 15 is 0 Å². The second kappa shape index (κ2) is 8.10. The standard InChI is InChI=1S/C19H33N5O/c1-11-8-14(25-3)9-15-17(11)24-19(21)16(12(2)20)18(15)23-10-13-4-6-22-7-5-13/h4-7,11-12,14-19,23-24H,8-10,20-21H2,1-3H3. The molecular weight excluding hydrogens is 314 g/mol. The number of hydrogen-bond acceptors (Lipinski definition) is 6. The summed E-state index contributed by atoms with van der Waals surface area (Å²) >= 11 is 0. The molecule has 140 valence electrons. The molecule has 2 fully saturated rings. The smallest absolute Gasteiger partial charge is 0.0607 e. The van der Waals surface area contributed by atoms with Crippen LogP contribution in [0.4, 0.5) is 0 Å². The van der Waals surface area contributed by atoms with E-state index in [1.54, 1.807) is 0 Å². The molecule has 0 bridgehead atoms. The summed E-state index contributed by atoms with van der Waals surface area (Å²) in [6.45, 7) is 5.17. The number of ether oxygens (including phenoxy) is 1. The van der Waals surface area contributed by atoms with Crippen LogP contribution in [0.25, 0.3) is 0 Å². The summed E-state index contributed by atoms with van der Waals surface area (Å²) < 4.78 is 5.72. The zero-order chi connectivity index (χ0) is 18.0. The van der Waals surface area contributed by atoms with Gasteiger partial charge in [-0.05, 0) is 49.3 Å². The van der Waals surface area contributed by atoms with Gasteiger partial charge in [0, 0.05) is 50.1 Å². The van der Waals surface area contributed by atoms with Crippen molar-refractivity contribution in [3.63, 3.8) is 0 Å². The Hall–Kier alpha value is -1.05. The van der Waals surface area contributed by atoms with Gasteiger partial charge in [-0.1, -0.05) is 6.92 Å². The number of nitrogens with two attached hydrogens (primary N) is 2. The first-order valence-electron chi connectivity index (χ1n) is 9.43. The maximum Gasteiger partial charge on any atom is 0.0607 e. The van der Waals surface area contributed by atoms with Crippen LogP contribution in [0.5, 0.6) is 0 Å². The van der Waals surface area contributed by atoms with Crippen LogP contribution in [0, 0.1) is 17.8 Å².